The minimum absolute atomic E-state index is 0.0586. The summed E-state index contributed by atoms with van der Waals surface area (Å²) in [5.74, 6) is -0.00906. The van der Waals surface area contributed by atoms with Crippen molar-refractivity contribution in [1.82, 2.24) is 25.0 Å². The van der Waals surface area contributed by atoms with Crippen LogP contribution in [0.15, 0.2) is 30.7 Å². The van der Waals surface area contributed by atoms with Gasteiger partial charge in [-0.15, -0.1) is 0 Å². The number of hydrogen-bond acceptors (Lipinski definition) is 4. The quantitative estimate of drug-likeness (QED) is 0.895. The van der Waals surface area contributed by atoms with E-state index < -0.39 is 0 Å². The molecule has 7 heteroatoms. The van der Waals surface area contributed by atoms with E-state index in [0.717, 1.165) is 36.2 Å². The third kappa shape index (κ3) is 4.23. The Kier molecular flexibility index (Phi) is 5.11. The summed E-state index contributed by atoms with van der Waals surface area (Å²) >= 11 is 0. The van der Waals surface area contributed by atoms with E-state index in [1.54, 1.807) is 17.1 Å². The second-order valence-corrected chi connectivity index (χ2v) is 6.45. The standard InChI is InChI=1S/C18H23N5O2/c1-13-9-21-22(11-13)12-18(25)23-7-3-4-17(23)15-5-6-19-16(8-15)10-20-14(2)24/h5-6,8-9,11,17H,3-4,7,10,12H2,1-2H3,(H,20,24)/t17-/m1/s1. The number of aryl methyl sites for hydroxylation is 1. The van der Waals surface area contributed by atoms with Gasteiger partial charge in [-0.25, -0.2) is 0 Å². The molecule has 0 aliphatic carbocycles. The molecular formula is C18H23N5O2. The van der Waals surface area contributed by atoms with Crippen molar-refractivity contribution in [3.8, 4) is 0 Å². The molecule has 0 unspecified atom stereocenters. The van der Waals surface area contributed by atoms with Crippen LogP contribution < -0.4 is 5.32 Å². The molecule has 1 N–H and O–H groups in total. The minimum atomic E-state index is -0.0839. The van der Waals surface area contributed by atoms with Crippen LogP contribution in [-0.2, 0) is 22.7 Å². The molecule has 0 spiro atoms. The third-order valence-corrected chi connectivity index (χ3v) is 4.38. The van der Waals surface area contributed by atoms with Crippen molar-refractivity contribution in [2.75, 3.05) is 6.54 Å². The molecule has 2 aromatic heterocycles. The van der Waals surface area contributed by atoms with E-state index in [9.17, 15) is 9.59 Å². The Labute approximate surface area is 147 Å². The van der Waals surface area contributed by atoms with Crippen molar-refractivity contribution in [3.05, 3.63) is 47.5 Å². The molecule has 1 fully saturated rings. The van der Waals surface area contributed by atoms with Crippen molar-refractivity contribution in [1.29, 1.82) is 0 Å². The number of hydrogen-bond donors (Lipinski definition) is 1. The van der Waals surface area contributed by atoms with E-state index in [0.29, 0.717) is 6.54 Å². The molecule has 132 valence electrons. The number of aromatic nitrogens is 3. The maximum absolute atomic E-state index is 12.7. The fourth-order valence-corrected chi connectivity index (χ4v) is 3.21. The first-order valence-electron chi connectivity index (χ1n) is 8.51. The fraction of sp³-hybridized carbons (Fsp3) is 0.444. The monoisotopic (exact) mass is 341 g/mol. The summed E-state index contributed by atoms with van der Waals surface area (Å²) in [4.78, 5) is 30.0. The van der Waals surface area contributed by atoms with Crippen LogP contribution in [0, 0.1) is 6.92 Å². The maximum Gasteiger partial charge on any atom is 0.244 e. The molecule has 0 aromatic carbocycles. The summed E-state index contributed by atoms with van der Waals surface area (Å²) in [5, 5.41) is 6.95. The lowest BCUT2D eigenvalue weighted by molar-refractivity contribution is -0.133. The highest BCUT2D eigenvalue weighted by Crippen LogP contribution is 2.32. The molecular weight excluding hydrogens is 318 g/mol. The summed E-state index contributed by atoms with van der Waals surface area (Å²) in [6, 6.07) is 3.98. The summed E-state index contributed by atoms with van der Waals surface area (Å²) in [7, 11) is 0. The van der Waals surface area contributed by atoms with Crippen molar-refractivity contribution >= 4 is 11.8 Å². The molecule has 1 atom stereocenters. The largest absolute Gasteiger partial charge is 0.351 e. The van der Waals surface area contributed by atoms with Gasteiger partial charge in [0.05, 0.1) is 24.5 Å². The van der Waals surface area contributed by atoms with Gasteiger partial charge in [-0.3, -0.25) is 19.3 Å². The maximum atomic E-state index is 12.7. The second kappa shape index (κ2) is 7.46. The van der Waals surface area contributed by atoms with E-state index >= 15 is 0 Å². The predicted molar refractivity (Wildman–Crippen MR) is 92.4 cm³/mol. The minimum Gasteiger partial charge on any atom is -0.351 e. The Balaban J connectivity index is 1.71. The van der Waals surface area contributed by atoms with Gasteiger partial charge in [-0.2, -0.15) is 5.10 Å². The smallest absolute Gasteiger partial charge is 0.244 e. The van der Waals surface area contributed by atoms with Gasteiger partial charge < -0.3 is 10.2 Å². The normalized spacial score (nSPS) is 16.9. The van der Waals surface area contributed by atoms with E-state index in [1.807, 2.05) is 30.2 Å². The number of rotatable bonds is 5. The summed E-state index contributed by atoms with van der Waals surface area (Å²) in [5.41, 5.74) is 2.91. The Morgan fingerprint density at radius 3 is 2.96 bits per heavy atom. The summed E-state index contributed by atoms with van der Waals surface area (Å²) in [6.07, 6.45) is 7.29. The lowest BCUT2D eigenvalue weighted by Gasteiger charge is -2.25. The zero-order chi connectivity index (χ0) is 17.8. The molecule has 0 radical (unpaired) electrons. The number of likely N-dealkylation sites (tertiary alicyclic amines) is 1. The van der Waals surface area contributed by atoms with Crippen LogP contribution in [0.4, 0.5) is 0 Å². The first-order valence-corrected chi connectivity index (χ1v) is 8.51. The highest BCUT2D eigenvalue weighted by Gasteiger charge is 2.30. The predicted octanol–water partition coefficient (Wildman–Crippen LogP) is 1.59. The number of nitrogens with zero attached hydrogens (tertiary/aromatic N) is 4. The van der Waals surface area contributed by atoms with Gasteiger partial charge in [-0.05, 0) is 43.0 Å². The number of nitrogens with one attached hydrogen (secondary N) is 1. The van der Waals surface area contributed by atoms with Gasteiger partial charge >= 0.3 is 0 Å². The van der Waals surface area contributed by atoms with Crippen molar-refractivity contribution in [3.63, 3.8) is 0 Å². The molecule has 3 rings (SSSR count). The Morgan fingerprint density at radius 1 is 1.40 bits per heavy atom. The van der Waals surface area contributed by atoms with Crippen LogP contribution in [0.25, 0.3) is 0 Å². The van der Waals surface area contributed by atoms with Crippen LogP contribution in [0.2, 0.25) is 0 Å². The highest BCUT2D eigenvalue weighted by molar-refractivity contribution is 5.76. The Morgan fingerprint density at radius 2 is 2.24 bits per heavy atom. The van der Waals surface area contributed by atoms with Gasteiger partial charge in [0.25, 0.3) is 0 Å². The van der Waals surface area contributed by atoms with E-state index in [2.05, 4.69) is 15.4 Å². The molecule has 1 saturated heterocycles. The molecule has 2 amide bonds. The third-order valence-electron chi connectivity index (χ3n) is 4.38. The number of carbonyl (C=O) groups is 2. The first-order chi connectivity index (χ1) is 12.0. The van der Waals surface area contributed by atoms with Crippen LogP contribution in [0.3, 0.4) is 0 Å². The topological polar surface area (TPSA) is 80.1 Å². The van der Waals surface area contributed by atoms with Crippen LogP contribution >= 0.6 is 0 Å². The van der Waals surface area contributed by atoms with Gasteiger partial charge in [0, 0.05) is 25.9 Å². The summed E-state index contributed by atoms with van der Waals surface area (Å²) < 4.78 is 1.68. The summed E-state index contributed by atoms with van der Waals surface area (Å²) in [6.45, 7) is 4.86. The average molecular weight is 341 g/mol. The van der Waals surface area contributed by atoms with Crippen molar-refractivity contribution in [2.45, 2.75) is 45.8 Å². The lowest BCUT2D eigenvalue weighted by Crippen LogP contribution is -2.33. The fourth-order valence-electron chi connectivity index (χ4n) is 3.21. The van der Waals surface area contributed by atoms with Gasteiger partial charge in [0.2, 0.25) is 11.8 Å². The molecule has 0 bridgehead atoms. The van der Waals surface area contributed by atoms with Crippen LogP contribution in [0.5, 0.6) is 0 Å². The zero-order valence-electron chi connectivity index (χ0n) is 14.6. The Bertz CT molecular complexity index is 770. The van der Waals surface area contributed by atoms with E-state index in [1.165, 1.54) is 6.92 Å². The lowest BCUT2D eigenvalue weighted by atomic mass is 10.0. The molecule has 1 aliphatic heterocycles. The molecule has 3 heterocycles. The second-order valence-electron chi connectivity index (χ2n) is 6.45. The van der Waals surface area contributed by atoms with E-state index in [4.69, 9.17) is 0 Å². The van der Waals surface area contributed by atoms with Gasteiger partial charge in [0.15, 0.2) is 0 Å². The van der Waals surface area contributed by atoms with Crippen molar-refractivity contribution in [2.24, 2.45) is 0 Å². The van der Waals surface area contributed by atoms with E-state index in [-0.39, 0.29) is 24.4 Å². The first kappa shape index (κ1) is 17.1. The highest BCUT2D eigenvalue weighted by atomic mass is 16.2. The molecule has 25 heavy (non-hydrogen) atoms. The van der Waals surface area contributed by atoms with Gasteiger partial charge in [-0.1, -0.05) is 0 Å². The van der Waals surface area contributed by atoms with Crippen LogP contribution in [-0.4, -0.2) is 38.0 Å². The van der Waals surface area contributed by atoms with Crippen molar-refractivity contribution < 1.29 is 9.59 Å². The molecule has 0 saturated carbocycles. The Hall–Kier alpha value is -2.70. The SMILES string of the molecule is CC(=O)NCc1cc([C@H]2CCCN2C(=O)Cn2cc(C)cn2)ccn1. The average Bonchev–Trinajstić information content (AvgIpc) is 3.22. The molecule has 1 aliphatic rings. The number of pyridine rings is 1. The number of amides is 2. The zero-order valence-corrected chi connectivity index (χ0v) is 14.6. The number of carbonyl (C=O) groups excluding carboxylic acids is 2. The molecule has 7 nitrogen and oxygen atoms in total. The van der Waals surface area contributed by atoms with Crippen LogP contribution in [0.1, 0.15) is 42.6 Å². The van der Waals surface area contributed by atoms with Gasteiger partial charge in [0.1, 0.15) is 6.54 Å². The molecule has 2 aromatic rings.